The smallest absolute Gasteiger partial charge is 0.225 e. The third kappa shape index (κ3) is 3.24. The average Bonchev–Trinajstić information content (AvgIpc) is 2.98. The SMILES string of the molecule is COc1cnc(N2CCC(Cc3ccc(O)cc3)C2)nc1. The molecular formula is C16H19N3O2. The molecule has 0 aliphatic carbocycles. The van der Waals surface area contributed by atoms with Gasteiger partial charge in [0.1, 0.15) is 5.75 Å². The summed E-state index contributed by atoms with van der Waals surface area (Å²) in [5, 5.41) is 9.32. The molecule has 0 amide bonds. The minimum atomic E-state index is 0.318. The molecule has 5 heteroatoms. The van der Waals surface area contributed by atoms with E-state index in [1.165, 1.54) is 5.56 Å². The van der Waals surface area contributed by atoms with E-state index in [4.69, 9.17) is 4.74 Å². The maximum absolute atomic E-state index is 9.32. The number of ether oxygens (including phenoxy) is 1. The molecule has 2 heterocycles. The third-order valence-corrected chi connectivity index (χ3v) is 3.88. The van der Waals surface area contributed by atoms with Gasteiger partial charge in [-0.3, -0.25) is 0 Å². The zero-order chi connectivity index (χ0) is 14.7. The van der Waals surface area contributed by atoms with E-state index in [1.807, 2.05) is 12.1 Å². The Hall–Kier alpha value is -2.30. The van der Waals surface area contributed by atoms with Crippen molar-refractivity contribution in [2.45, 2.75) is 12.8 Å². The molecule has 0 radical (unpaired) electrons. The molecule has 0 spiro atoms. The Morgan fingerprint density at radius 2 is 1.95 bits per heavy atom. The topological polar surface area (TPSA) is 58.5 Å². The summed E-state index contributed by atoms with van der Waals surface area (Å²) in [5.41, 5.74) is 1.26. The van der Waals surface area contributed by atoms with E-state index < -0.39 is 0 Å². The number of phenolic OH excluding ortho intramolecular Hbond substituents is 1. The number of hydrogen-bond acceptors (Lipinski definition) is 5. The first-order valence-corrected chi connectivity index (χ1v) is 7.13. The van der Waals surface area contributed by atoms with Crippen LogP contribution in [0.5, 0.6) is 11.5 Å². The molecule has 1 aliphatic heterocycles. The van der Waals surface area contributed by atoms with Gasteiger partial charge in [0.2, 0.25) is 5.95 Å². The van der Waals surface area contributed by atoms with Gasteiger partial charge in [0.05, 0.1) is 19.5 Å². The van der Waals surface area contributed by atoms with Gasteiger partial charge in [-0.05, 0) is 36.5 Å². The number of methoxy groups -OCH3 is 1. The quantitative estimate of drug-likeness (QED) is 0.933. The Labute approximate surface area is 124 Å². The monoisotopic (exact) mass is 285 g/mol. The number of hydrogen-bond donors (Lipinski definition) is 1. The van der Waals surface area contributed by atoms with Crippen molar-refractivity contribution in [1.29, 1.82) is 0 Å². The molecule has 1 N–H and O–H groups in total. The summed E-state index contributed by atoms with van der Waals surface area (Å²) in [6, 6.07) is 7.47. The molecule has 1 fully saturated rings. The second-order valence-electron chi connectivity index (χ2n) is 5.39. The minimum absolute atomic E-state index is 0.318. The Kier molecular flexibility index (Phi) is 3.90. The summed E-state index contributed by atoms with van der Waals surface area (Å²) in [6.07, 6.45) is 5.56. The fourth-order valence-corrected chi connectivity index (χ4v) is 2.72. The van der Waals surface area contributed by atoms with Crippen LogP contribution in [-0.2, 0) is 6.42 Å². The summed E-state index contributed by atoms with van der Waals surface area (Å²) in [6.45, 7) is 1.95. The van der Waals surface area contributed by atoms with Crippen LogP contribution in [0.1, 0.15) is 12.0 Å². The molecule has 0 saturated carbocycles. The first kappa shape index (κ1) is 13.7. The van der Waals surface area contributed by atoms with Crippen LogP contribution in [0, 0.1) is 5.92 Å². The van der Waals surface area contributed by atoms with Crippen molar-refractivity contribution in [2.75, 3.05) is 25.1 Å². The van der Waals surface area contributed by atoms with Crippen LogP contribution in [0.15, 0.2) is 36.7 Å². The third-order valence-electron chi connectivity index (χ3n) is 3.88. The number of aromatic nitrogens is 2. The molecule has 21 heavy (non-hydrogen) atoms. The van der Waals surface area contributed by atoms with Gasteiger partial charge in [-0.25, -0.2) is 9.97 Å². The molecule has 110 valence electrons. The lowest BCUT2D eigenvalue weighted by Crippen LogP contribution is -2.22. The van der Waals surface area contributed by atoms with Gasteiger partial charge in [0.15, 0.2) is 5.75 Å². The maximum atomic E-state index is 9.32. The number of benzene rings is 1. The number of aromatic hydroxyl groups is 1. The largest absolute Gasteiger partial charge is 0.508 e. The lowest BCUT2D eigenvalue weighted by atomic mass is 9.99. The number of anilines is 1. The molecule has 1 atom stereocenters. The van der Waals surface area contributed by atoms with E-state index in [2.05, 4.69) is 14.9 Å². The molecule has 0 bridgehead atoms. The Morgan fingerprint density at radius 1 is 1.24 bits per heavy atom. The van der Waals surface area contributed by atoms with Crippen LogP contribution < -0.4 is 9.64 Å². The van der Waals surface area contributed by atoms with Crippen LogP contribution in [-0.4, -0.2) is 35.3 Å². The van der Waals surface area contributed by atoms with Gasteiger partial charge in [0, 0.05) is 13.1 Å². The molecule has 1 unspecified atom stereocenters. The van der Waals surface area contributed by atoms with Crippen molar-refractivity contribution in [3.8, 4) is 11.5 Å². The lowest BCUT2D eigenvalue weighted by molar-refractivity contribution is 0.410. The van der Waals surface area contributed by atoms with Crippen LogP contribution in [0.25, 0.3) is 0 Å². The summed E-state index contributed by atoms with van der Waals surface area (Å²) >= 11 is 0. The summed E-state index contributed by atoms with van der Waals surface area (Å²) in [5.74, 6) is 2.36. The minimum Gasteiger partial charge on any atom is -0.508 e. The second kappa shape index (κ2) is 5.99. The molecule has 1 aromatic carbocycles. The summed E-state index contributed by atoms with van der Waals surface area (Å²) < 4.78 is 5.08. The Bertz CT molecular complexity index is 583. The zero-order valence-corrected chi connectivity index (χ0v) is 12.1. The predicted molar refractivity (Wildman–Crippen MR) is 80.7 cm³/mol. The normalized spacial score (nSPS) is 18.0. The van der Waals surface area contributed by atoms with Gasteiger partial charge in [-0.2, -0.15) is 0 Å². The highest BCUT2D eigenvalue weighted by Crippen LogP contribution is 2.25. The van der Waals surface area contributed by atoms with E-state index in [0.717, 1.165) is 31.9 Å². The number of nitrogens with zero attached hydrogens (tertiary/aromatic N) is 3. The average molecular weight is 285 g/mol. The molecule has 5 nitrogen and oxygen atoms in total. The van der Waals surface area contributed by atoms with Crippen LogP contribution in [0.4, 0.5) is 5.95 Å². The number of rotatable bonds is 4. The molecule has 3 rings (SSSR count). The van der Waals surface area contributed by atoms with E-state index in [0.29, 0.717) is 17.4 Å². The summed E-state index contributed by atoms with van der Waals surface area (Å²) in [7, 11) is 1.61. The van der Waals surface area contributed by atoms with E-state index in [1.54, 1.807) is 31.6 Å². The fourth-order valence-electron chi connectivity index (χ4n) is 2.72. The van der Waals surface area contributed by atoms with Gasteiger partial charge in [-0.1, -0.05) is 12.1 Å². The van der Waals surface area contributed by atoms with Crippen molar-refractivity contribution >= 4 is 5.95 Å². The molecule has 2 aromatic rings. The van der Waals surface area contributed by atoms with Crippen molar-refractivity contribution in [2.24, 2.45) is 5.92 Å². The molecule has 1 aromatic heterocycles. The number of phenols is 1. The maximum Gasteiger partial charge on any atom is 0.225 e. The lowest BCUT2D eigenvalue weighted by Gasteiger charge is -2.16. The van der Waals surface area contributed by atoms with Crippen LogP contribution >= 0.6 is 0 Å². The molecule has 1 saturated heterocycles. The van der Waals surface area contributed by atoms with Crippen LogP contribution in [0.3, 0.4) is 0 Å². The van der Waals surface area contributed by atoms with Gasteiger partial charge < -0.3 is 14.7 Å². The first-order chi connectivity index (χ1) is 10.2. The van der Waals surface area contributed by atoms with E-state index >= 15 is 0 Å². The van der Waals surface area contributed by atoms with E-state index in [9.17, 15) is 5.11 Å². The van der Waals surface area contributed by atoms with Crippen molar-refractivity contribution < 1.29 is 9.84 Å². The van der Waals surface area contributed by atoms with Gasteiger partial charge in [0.25, 0.3) is 0 Å². The fraction of sp³-hybridized carbons (Fsp3) is 0.375. The van der Waals surface area contributed by atoms with Crippen molar-refractivity contribution in [3.63, 3.8) is 0 Å². The van der Waals surface area contributed by atoms with Gasteiger partial charge in [-0.15, -0.1) is 0 Å². The van der Waals surface area contributed by atoms with Crippen molar-refractivity contribution in [1.82, 2.24) is 9.97 Å². The standard InChI is InChI=1S/C16H19N3O2/c1-21-15-9-17-16(18-10-15)19-7-6-13(11-19)8-12-2-4-14(20)5-3-12/h2-5,9-10,13,20H,6-8,11H2,1H3. The predicted octanol–water partition coefficient (Wildman–Crippen LogP) is 2.26. The second-order valence-corrected chi connectivity index (χ2v) is 5.39. The van der Waals surface area contributed by atoms with E-state index in [-0.39, 0.29) is 0 Å². The Balaban J connectivity index is 1.60. The summed E-state index contributed by atoms with van der Waals surface area (Å²) in [4.78, 5) is 10.9. The molecular weight excluding hydrogens is 266 g/mol. The highest BCUT2D eigenvalue weighted by Gasteiger charge is 2.24. The highest BCUT2D eigenvalue weighted by atomic mass is 16.5. The van der Waals surface area contributed by atoms with Crippen molar-refractivity contribution in [3.05, 3.63) is 42.2 Å². The highest BCUT2D eigenvalue weighted by molar-refractivity contribution is 5.33. The zero-order valence-electron chi connectivity index (χ0n) is 12.1. The Morgan fingerprint density at radius 3 is 2.62 bits per heavy atom. The van der Waals surface area contributed by atoms with Gasteiger partial charge >= 0.3 is 0 Å². The first-order valence-electron chi connectivity index (χ1n) is 7.13. The molecule has 1 aliphatic rings. The van der Waals surface area contributed by atoms with Crippen LogP contribution in [0.2, 0.25) is 0 Å².